The van der Waals surface area contributed by atoms with Gasteiger partial charge in [-0.15, -0.1) is 0 Å². The van der Waals surface area contributed by atoms with E-state index in [1.54, 1.807) is 0 Å². The summed E-state index contributed by atoms with van der Waals surface area (Å²) in [6, 6.07) is 0. The van der Waals surface area contributed by atoms with Gasteiger partial charge < -0.3 is 4.74 Å². The molecular weight excluding hydrogens is 248 g/mol. The zero-order valence-electron chi connectivity index (χ0n) is 11.9. The van der Waals surface area contributed by atoms with Crippen LogP contribution in [0.4, 0.5) is 4.79 Å². The van der Waals surface area contributed by atoms with Gasteiger partial charge in [-0.05, 0) is 31.6 Å². The number of carbonyl (C=O) groups is 1. The van der Waals surface area contributed by atoms with Gasteiger partial charge in [-0.3, -0.25) is 0 Å². The number of halogens is 1. The largest absolute Gasteiger partial charge is 0.450 e. The Morgan fingerprint density at radius 3 is 2.61 bits per heavy atom. The van der Waals surface area contributed by atoms with Crippen molar-refractivity contribution in [2.75, 3.05) is 0 Å². The topological polar surface area (TPSA) is 26.3 Å². The minimum Gasteiger partial charge on any atom is -0.450 e. The molecule has 0 aromatic heterocycles. The standard InChI is InChI=1S/C15H23ClO2/c1-10(12(3)18-14(16)17)6-8-13-9-7-11(2)15(13,4)5/h6-8,10,12-13H,9H2,1-5H3. The Balaban J connectivity index is 2.58. The number of hydrogen-bond acceptors (Lipinski definition) is 2. The van der Waals surface area contributed by atoms with Crippen LogP contribution in [-0.2, 0) is 4.74 Å². The number of hydrogen-bond donors (Lipinski definition) is 0. The van der Waals surface area contributed by atoms with E-state index in [1.807, 2.05) is 13.8 Å². The lowest BCUT2D eigenvalue weighted by Gasteiger charge is -2.27. The minimum atomic E-state index is -0.735. The first-order chi connectivity index (χ1) is 8.25. The number of ether oxygens (including phenoxy) is 1. The highest BCUT2D eigenvalue weighted by molar-refractivity contribution is 6.61. The van der Waals surface area contributed by atoms with Gasteiger partial charge in [0.15, 0.2) is 0 Å². The van der Waals surface area contributed by atoms with E-state index >= 15 is 0 Å². The Hall–Kier alpha value is -0.760. The molecule has 3 atom stereocenters. The Kier molecular flexibility index (Phi) is 5.03. The van der Waals surface area contributed by atoms with E-state index in [1.165, 1.54) is 5.57 Å². The number of rotatable bonds is 4. The van der Waals surface area contributed by atoms with Crippen LogP contribution in [0.25, 0.3) is 0 Å². The van der Waals surface area contributed by atoms with Crippen LogP contribution in [0.3, 0.4) is 0 Å². The Morgan fingerprint density at radius 2 is 2.17 bits per heavy atom. The maximum absolute atomic E-state index is 10.7. The first-order valence-electron chi connectivity index (χ1n) is 6.46. The fourth-order valence-corrected chi connectivity index (χ4v) is 2.33. The summed E-state index contributed by atoms with van der Waals surface area (Å²) in [4.78, 5) is 10.7. The minimum absolute atomic E-state index is 0.171. The summed E-state index contributed by atoms with van der Waals surface area (Å²) in [5.74, 6) is 0.697. The molecule has 1 rings (SSSR count). The Bertz CT molecular complexity index is 369. The third-order valence-corrected chi connectivity index (χ3v) is 4.38. The molecule has 0 saturated heterocycles. The zero-order chi connectivity index (χ0) is 13.9. The molecule has 0 N–H and O–H groups in total. The van der Waals surface area contributed by atoms with Crippen molar-refractivity contribution in [3.63, 3.8) is 0 Å². The van der Waals surface area contributed by atoms with Crippen LogP contribution < -0.4 is 0 Å². The van der Waals surface area contributed by atoms with E-state index in [9.17, 15) is 4.79 Å². The van der Waals surface area contributed by atoms with Gasteiger partial charge in [0, 0.05) is 17.5 Å². The first kappa shape index (κ1) is 15.3. The van der Waals surface area contributed by atoms with Gasteiger partial charge in [0.2, 0.25) is 0 Å². The van der Waals surface area contributed by atoms with Gasteiger partial charge in [-0.25, -0.2) is 4.79 Å². The van der Waals surface area contributed by atoms with Crippen molar-refractivity contribution in [2.45, 2.75) is 47.1 Å². The van der Waals surface area contributed by atoms with Crippen LogP contribution in [0.15, 0.2) is 23.8 Å². The molecule has 1 aliphatic carbocycles. The molecule has 0 aromatic rings. The average Bonchev–Trinajstić information content (AvgIpc) is 2.50. The molecule has 0 aliphatic heterocycles. The van der Waals surface area contributed by atoms with E-state index in [2.05, 4.69) is 39.0 Å². The lowest BCUT2D eigenvalue weighted by atomic mass is 9.77. The van der Waals surface area contributed by atoms with Crippen LogP contribution in [0.5, 0.6) is 0 Å². The molecular formula is C15H23ClO2. The number of allylic oxidation sites excluding steroid dienone is 3. The molecule has 0 heterocycles. The molecule has 0 fully saturated rings. The van der Waals surface area contributed by atoms with Crippen molar-refractivity contribution in [3.05, 3.63) is 23.8 Å². The maximum Gasteiger partial charge on any atom is 0.404 e. The third-order valence-electron chi connectivity index (χ3n) is 4.29. The zero-order valence-corrected chi connectivity index (χ0v) is 12.6. The predicted molar refractivity (Wildman–Crippen MR) is 75.7 cm³/mol. The van der Waals surface area contributed by atoms with Crippen molar-refractivity contribution < 1.29 is 9.53 Å². The van der Waals surface area contributed by atoms with Gasteiger partial charge in [0.25, 0.3) is 0 Å². The SMILES string of the molecule is CC1=CCC(C=CC(C)C(C)OC(=O)Cl)C1(C)C. The van der Waals surface area contributed by atoms with Crippen molar-refractivity contribution in [1.29, 1.82) is 0 Å². The summed E-state index contributed by atoms with van der Waals surface area (Å²) in [5, 5.41) is 0. The van der Waals surface area contributed by atoms with Crippen molar-refractivity contribution in [2.24, 2.45) is 17.3 Å². The molecule has 0 saturated carbocycles. The number of carbonyl (C=O) groups excluding carboxylic acids is 1. The molecule has 18 heavy (non-hydrogen) atoms. The lowest BCUT2D eigenvalue weighted by Crippen LogP contribution is -2.20. The van der Waals surface area contributed by atoms with Crippen LogP contribution in [0.2, 0.25) is 0 Å². The molecule has 0 amide bonds. The van der Waals surface area contributed by atoms with E-state index in [0.29, 0.717) is 5.92 Å². The Morgan fingerprint density at radius 1 is 1.56 bits per heavy atom. The van der Waals surface area contributed by atoms with Crippen LogP contribution in [-0.4, -0.2) is 11.5 Å². The van der Waals surface area contributed by atoms with Crippen molar-refractivity contribution in [1.82, 2.24) is 0 Å². The lowest BCUT2D eigenvalue weighted by molar-refractivity contribution is 0.111. The fourth-order valence-electron chi connectivity index (χ4n) is 2.19. The summed E-state index contributed by atoms with van der Waals surface area (Å²) >= 11 is 5.21. The summed E-state index contributed by atoms with van der Waals surface area (Å²) in [6.45, 7) is 10.6. The smallest absolute Gasteiger partial charge is 0.404 e. The third kappa shape index (κ3) is 3.61. The van der Waals surface area contributed by atoms with E-state index in [0.717, 1.165) is 6.42 Å². The van der Waals surface area contributed by atoms with Gasteiger partial charge in [-0.2, -0.15) is 0 Å². The monoisotopic (exact) mass is 270 g/mol. The maximum atomic E-state index is 10.7. The van der Waals surface area contributed by atoms with Crippen molar-refractivity contribution in [3.8, 4) is 0 Å². The highest BCUT2D eigenvalue weighted by Crippen LogP contribution is 2.43. The normalized spacial score (nSPS) is 25.9. The molecule has 1 aliphatic rings. The van der Waals surface area contributed by atoms with Gasteiger partial charge in [0.1, 0.15) is 6.10 Å². The van der Waals surface area contributed by atoms with Gasteiger partial charge in [0.05, 0.1) is 0 Å². The molecule has 0 spiro atoms. The summed E-state index contributed by atoms with van der Waals surface area (Å²) in [7, 11) is 0. The van der Waals surface area contributed by atoms with Crippen LogP contribution in [0, 0.1) is 17.3 Å². The first-order valence-corrected chi connectivity index (χ1v) is 6.84. The summed E-state index contributed by atoms with van der Waals surface area (Å²) in [5.41, 5.74) is 0.939. The van der Waals surface area contributed by atoms with Crippen LogP contribution >= 0.6 is 11.6 Å². The molecule has 0 bridgehead atoms. The molecule has 3 unspecified atom stereocenters. The second-order valence-electron chi connectivity index (χ2n) is 5.76. The molecule has 3 heteroatoms. The second-order valence-corrected chi connectivity index (χ2v) is 6.06. The average molecular weight is 271 g/mol. The highest BCUT2D eigenvalue weighted by Gasteiger charge is 2.33. The van der Waals surface area contributed by atoms with Crippen LogP contribution in [0.1, 0.15) is 41.0 Å². The fraction of sp³-hybridized carbons (Fsp3) is 0.667. The van der Waals surface area contributed by atoms with Gasteiger partial charge in [-0.1, -0.05) is 44.6 Å². The molecule has 0 radical (unpaired) electrons. The molecule has 0 aromatic carbocycles. The van der Waals surface area contributed by atoms with E-state index < -0.39 is 5.43 Å². The van der Waals surface area contributed by atoms with E-state index in [-0.39, 0.29) is 17.4 Å². The summed E-state index contributed by atoms with van der Waals surface area (Å²) in [6.07, 6.45) is 7.58. The van der Waals surface area contributed by atoms with E-state index in [4.69, 9.17) is 16.3 Å². The second kappa shape index (κ2) is 5.92. The molecule has 2 nitrogen and oxygen atoms in total. The quantitative estimate of drug-likeness (QED) is 0.534. The molecule has 102 valence electrons. The van der Waals surface area contributed by atoms with Gasteiger partial charge >= 0.3 is 5.43 Å². The van der Waals surface area contributed by atoms with Crippen molar-refractivity contribution >= 4 is 17.0 Å². The summed E-state index contributed by atoms with van der Waals surface area (Å²) < 4.78 is 4.96. The Labute approximate surface area is 115 Å². The predicted octanol–water partition coefficient (Wildman–Crippen LogP) is 4.94. The highest BCUT2D eigenvalue weighted by atomic mass is 35.5.